The third-order valence-corrected chi connectivity index (χ3v) is 3.42. The molecule has 0 aliphatic rings. The zero-order valence-corrected chi connectivity index (χ0v) is 9.72. The van der Waals surface area contributed by atoms with Crippen LogP contribution in [0.4, 0.5) is 0 Å². The number of benzene rings is 1. The molecular formula is C9H9IOS. The summed E-state index contributed by atoms with van der Waals surface area (Å²) >= 11 is 6.45. The van der Waals surface area contributed by atoms with Gasteiger partial charge < -0.3 is 0 Å². The lowest BCUT2D eigenvalue weighted by atomic mass is 10.1. The van der Waals surface area contributed by atoms with Crippen molar-refractivity contribution in [3.63, 3.8) is 0 Å². The molecule has 1 nitrogen and oxygen atoms in total. The molecule has 0 fully saturated rings. The van der Waals surface area contributed by atoms with Gasteiger partial charge in [0, 0.05) is 20.4 Å². The van der Waals surface area contributed by atoms with E-state index in [4.69, 9.17) is 0 Å². The van der Waals surface area contributed by atoms with E-state index >= 15 is 0 Å². The molecule has 0 unspecified atom stereocenters. The molecule has 1 aromatic rings. The Morgan fingerprint density at radius 2 is 2.25 bits per heavy atom. The van der Waals surface area contributed by atoms with Crippen LogP contribution in [-0.4, -0.2) is 5.78 Å². The molecule has 1 aromatic carbocycles. The number of carbonyl (C=O) groups is 1. The number of rotatable bonds is 2. The van der Waals surface area contributed by atoms with Crippen LogP contribution in [0.5, 0.6) is 0 Å². The van der Waals surface area contributed by atoms with Crippen LogP contribution in [0.15, 0.2) is 23.1 Å². The minimum atomic E-state index is 0.151. The highest BCUT2D eigenvalue weighted by Crippen LogP contribution is 2.21. The minimum absolute atomic E-state index is 0.151. The third kappa shape index (κ3) is 2.01. The van der Waals surface area contributed by atoms with Crippen molar-refractivity contribution in [2.75, 3.05) is 0 Å². The molecule has 0 saturated heterocycles. The van der Waals surface area contributed by atoms with Crippen molar-refractivity contribution < 1.29 is 4.79 Å². The molecule has 0 saturated carbocycles. The highest BCUT2D eigenvalue weighted by molar-refractivity contribution is 14.1. The lowest BCUT2D eigenvalue weighted by Gasteiger charge is -2.03. The van der Waals surface area contributed by atoms with Gasteiger partial charge in [-0.25, -0.2) is 0 Å². The molecule has 0 bridgehead atoms. The fourth-order valence-corrected chi connectivity index (χ4v) is 1.70. The number of hydrogen-bond acceptors (Lipinski definition) is 2. The second-order valence-corrected chi connectivity index (χ2v) is 4.02. The molecule has 0 amide bonds. The van der Waals surface area contributed by atoms with Crippen LogP contribution in [0, 0.1) is 3.57 Å². The van der Waals surface area contributed by atoms with Crippen molar-refractivity contribution in [3.05, 3.63) is 27.3 Å². The van der Waals surface area contributed by atoms with Gasteiger partial charge in [-0.15, -0.1) is 12.6 Å². The van der Waals surface area contributed by atoms with E-state index in [9.17, 15) is 4.79 Å². The van der Waals surface area contributed by atoms with Crippen molar-refractivity contribution in [2.24, 2.45) is 0 Å². The van der Waals surface area contributed by atoms with E-state index in [0.29, 0.717) is 6.42 Å². The van der Waals surface area contributed by atoms with Gasteiger partial charge in [-0.1, -0.05) is 19.1 Å². The molecule has 3 heteroatoms. The Labute approximate surface area is 91.1 Å². The number of hydrogen-bond donors (Lipinski definition) is 1. The average Bonchev–Trinajstić information content (AvgIpc) is 2.08. The zero-order valence-electron chi connectivity index (χ0n) is 6.67. The first-order valence-corrected chi connectivity index (χ1v) is 5.20. The fourth-order valence-electron chi connectivity index (χ4n) is 0.931. The number of ketones is 1. The summed E-state index contributed by atoms with van der Waals surface area (Å²) in [6, 6.07) is 5.63. The van der Waals surface area contributed by atoms with E-state index in [1.54, 1.807) is 0 Å². The third-order valence-electron chi connectivity index (χ3n) is 1.61. The average molecular weight is 292 g/mol. The molecule has 1 rings (SSSR count). The molecular weight excluding hydrogens is 283 g/mol. The van der Waals surface area contributed by atoms with Crippen LogP contribution in [-0.2, 0) is 0 Å². The van der Waals surface area contributed by atoms with Crippen LogP contribution in [0.25, 0.3) is 0 Å². The number of halogens is 1. The van der Waals surface area contributed by atoms with Gasteiger partial charge in [0.2, 0.25) is 0 Å². The molecule has 0 aliphatic heterocycles. The van der Waals surface area contributed by atoms with Crippen molar-refractivity contribution in [1.29, 1.82) is 0 Å². The molecule has 0 N–H and O–H groups in total. The largest absolute Gasteiger partial charge is 0.294 e. The molecule has 0 heterocycles. The summed E-state index contributed by atoms with van der Waals surface area (Å²) in [5, 5.41) is 0. The summed E-state index contributed by atoms with van der Waals surface area (Å²) in [6.45, 7) is 1.86. The lowest BCUT2D eigenvalue weighted by molar-refractivity contribution is 0.0985. The Morgan fingerprint density at radius 1 is 1.58 bits per heavy atom. The van der Waals surface area contributed by atoms with Gasteiger partial charge in [-0.3, -0.25) is 4.79 Å². The Balaban J connectivity index is 3.16. The van der Waals surface area contributed by atoms with Gasteiger partial charge in [0.05, 0.1) is 0 Å². The van der Waals surface area contributed by atoms with Gasteiger partial charge >= 0.3 is 0 Å². The van der Waals surface area contributed by atoms with Gasteiger partial charge in [0.1, 0.15) is 0 Å². The molecule has 0 radical (unpaired) electrons. The van der Waals surface area contributed by atoms with E-state index in [0.717, 1.165) is 14.0 Å². The standard InChI is InChI=1S/C9H9IOS/c1-2-8(11)6-4-3-5-7(10)9(6)12/h3-5,12H,2H2,1H3. The predicted molar refractivity (Wildman–Crippen MR) is 61.0 cm³/mol. The number of thiol groups is 1. The van der Waals surface area contributed by atoms with Crippen LogP contribution >= 0.6 is 35.2 Å². The van der Waals surface area contributed by atoms with Crippen molar-refractivity contribution in [1.82, 2.24) is 0 Å². The SMILES string of the molecule is CCC(=O)c1cccc(I)c1S. The summed E-state index contributed by atoms with van der Waals surface area (Å²) in [5.41, 5.74) is 0.729. The van der Waals surface area contributed by atoms with Crippen molar-refractivity contribution in [3.8, 4) is 0 Å². The van der Waals surface area contributed by atoms with Crippen LogP contribution in [0.3, 0.4) is 0 Å². The summed E-state index contributed by atoms with van der Waals surface area (Å²) in [5.74, 6) is 0.151. The smallest absolute Gasteiger partial charge is 0.163 e. The van der Waals surface area contributed by atoms with Gasteiger partial charge in [-0.2, -0.15) is 0 Å². The Morgan fingerprint density at radius 3 is 2.83 bits per heavy atom. The molecule has 64 valence electrons. The van der Waals surface area contributed by atoms with Crippen LogP contribution < -0.4 is 0 Å². The lowest BCUT2D eigenvalue weighted by Crippen LogP contribution is -1.98. The topological polar surface area (TPSA) is 17.1 Å². The van der Waals surface area contributed by atoms with E-state index in [2.05, 4.69) is 35.2 Å². The summed E-state index contributed by atoms with van der Waals surface area (Å²) in [4.78, 5) is 12.1. The highest BCUT2D eigenvalue weighted by atomic mass is 127. The summed E-state index contributed by atoms with van der Waals surface area (Å²) < 4.78 is 1.02. The second kappa shape index (κ2) is 4.28. The van der Waals surface area contributed by atoms with Crippen LogP contribution in [0.2, 0.25) is 0 Å². The van der Waals surface area contributed by atoms with E-state index in [1.165, 1.54) is 0 Å². The molecule has 0 spiro atoms. The maximum absolute atomic E-state index is 11.3. The zero-order chi connectivity index (χ0) is 9.14. The summed E-state index contributed by atoms with van der Waals surface area (Å²) in [6.07, 6.45) is 0.535. The Kier molecular flexibility index (Phi) is 3.58. The maximum atomic E-state index is 11.3. The van der Waals surface area contributed by atoms with Crippen molar-refractivity contribution >= 4 is 41.0 Å². The quantitative estimate of drug-likeness (QED) is 0.503. The first kappa shape index (κ1) is 10.1. The van der Waals surface area contributed by atoms with Crippen molar-refractivity contribution in [2.45, 2.75) is 18.2 Å². The molecule has 0 atom stereocenters. The molecule has 12 heavy (non-hydrogen) atoms. The first-order valence-electron chi connectivity index (χ1n) is 3.67. The van der Waals surface area contributed by atoms with Gasteiger partial charge in [0.25, 0.3) is 0 Å². The van der Waals surface area contributed by atoms with Gasteiger partial charge in [0.15, 0.2) is 5.78 Å². The minimum Gasteiger partial charge on any atom is -0.294 e. The second-order valence-electron chi connectivity index (χ2n) is 2.41. The number of carbonyl (C=O) groups excluding carboxylic acids is 1. The highest BCUT2D eigenvalue weighted by Gasteiger charge is 2.08. The maximum Gasteiger partial charge on any atom is 0.163 e. The molecule has 0 aromatic heterocycles. The van der Waals surface area contributed by atoms with Gasteiger partial charge in [-0.05, 0) is 28.7 Å². The normalized spacial score (nSPS) is 9.92. The Hall–Kier alpha value is -0.0300. The van der Waals surface area contributed by atoms with Crippen LogP contribution in [0.1, 0.15) is 23.7 Å². The fraction of sp³-hybridized carbons (Fsp3) is 0.222. The number of Topliss-reactive ketones (excluding diaryl/α,β-unsaturated/α-hetero) is 1. The van der Waals surface area contributed by atoms with E-state index < -0.39 is 0 Å². The van der Waals surface area contributed by atoms with E-state index in [-0.39, 0.29) is 5.78 Å². The monoisotopic (exact) mass is 292 g/mol. The summed E-state index contributed by atoms with van der Waals surface area (Å²) in [7, 11) is 0. The molecule has 0 aliphatic carbocycles. The first-order chi connectivity index (χ1) is 5.66. The Bertz CT molecular complexity index is 309. The van der Waals surface area contributed by atoms with E-state index in [1.807, 2.05) is 25.1 Å². The predicted octanol–water partition coefficient (Wildman–Crippen LogP) is 3.17.